The molecule has 1 aliphatic heterocycles. The molecule has 2 atom stereocenters. The lowest BCUT2D eigenvalue weighted by molar-refractivity contribution is 0.146. The van der Waals surface area contributed by atoms with Crippen molar-refractivity contribution in [2.24, 2.45) is 10.9 Å². The lowest BCUT2D eigenvalue weighted by atomic mass is 10.1. The minimum atomic E-state index is 0. The van der Waals surface area contributed by atoms with Crippen molar-refractivity contribution in [3.63, 3.8) is 0 Å². The normalized spacial score (nSPS) is 17.6. The van der Waals surface area contributed by atoms with Gasteiger partial charge >= 0.3 is 0 Å². The summed E-state index contributed by atoms with van der Waals surface area (Å²) >= 11 is 0. The predicted molar refractivity (Wildman–Crippen MR) is 123 cm³/mol. The molecule has 7 nitrogen and oxygen atoms in total. The third kappa shape index (κ3) is 6.80. The highest BCUT2D eigenvalue weighted by molar-refractivity contribution is 14.0. The summed E-state index contributed by atoms with van der Waals surface area (Å²) in [6, 6.07) is 6.23. The van der Waals surface area contributed by atoms with Gasteiger partial charge in [-0.1, -0.05) is 13.3 Å². The van der Waals surface area contributed by atoms with E-state index in [1.165, 1.54) is 19.3 Å². The largest absolute Gasteiger partial charge is 0.468 e. The average molecular weight is 500 g/mol. The van der Waals surface area contributed by atoms with Gasteiger partial charge < -0.3 is 15.1 Å². The van der Waals surface area contributed by atoms with E-state index in [1.54, 1.807) is 6.26 Å². The highest BCUT2D eigenvalue weighted by Crippen LogP contribution is 2.24. The van der Waals surface area contributed by atoms with E-state index in [2.05, 4.69) is 38.6 Å². The highest BCUT2D eigenvalue weighted by Gasteiger charge is 2.24. The summed E-state index contributed by atoms with van der Waals surface area (Å²) in [5, 5.41) is 11.2. The summed E-state index contributed by atoms with van der Waals surface area (Å²) in [6.45, 7) is 6.97. The first-order valence-electron chi connectivity index (χ1n) is 9.95. The Hall–Kier alpha value is -1.55. The van der Waals surface area contributed by atoms with Gasteiger partial charge in [0.15, 0.2) is 5.96 Å². The van der Waals surface area contributed by atoms with E-state index < -0.39 is 0 Å². The molecular formula is C20H33IN6O. The maximum absolute atomic E-state index is 5.72. The minimum absolute atomic E-state index is 0. The van der Waals surface area contributed by atoms with Crippen LogP contribution in [0.25, 0.3) is 0 Å². The number of nitrogens with one attached hydrogen (secondary N) is 2. The second-order valence-corrected chi connectivity index (χ2v) is 7.30. The number of piperidine rings is 1. The maximum atomic E-state index is 5.72. The molecule has 3 heterocycles. The van der Waals surface area contributed by atoms with Crippen molar-refractivity contribution >= 4 is 29.9 Å². The quantitative estimate of drug-likeness (QED) is 0.331. The summed E-state index contributed by atoms with van der Waals surface area (Å²) < 4.78 is 7.68. The zero-order valence-corrected chi connectivity index (χ0v) is 19.2. The van der Waals surface area contributed by atoms with Crippen molar-refractivity contribution in [3.05, 3.63) is 42.6 Å². The van der Waals surface area contributed by atoms with E-state index >= 15 is 0 Å². The number of hydrogen-bond donors (Lipinski definition) is 2. The lowest BCUT2D eigenvalue weighted by Gasteiger charge is -2.33. The van der Waals surface area contributed by atoms with Gasteiger partial charge in [-0.2, -0.15) is 5.10 Å². The van der Waals surface area contributed by atoms with Crippen LogP contribution < -0.4 is 10.6 Å². The SMILES string of the molecule is CN=C(NCC(C)Cn1cccn1)NCC(c1ccco1)N1CCCCC1.I. The number of aliphatic imine (C=N–C) groups is 1. The van der Waals surface area contributed by atoms with Crippen LogP contribution in [-0.4, -0.2) is 53.9 Å². The molecule has 2 aromatic heterocycles. The Morgan fingerprint density at radius 1 is 1.21 bits per heavy atom. The van der Waals surface area contributed by atoms with Gasteiger partial charge in [-0.05, 0) is 50.0 Å². The Morgan fingerprint density at radius 2 is 2.00 bits per heavy atom. The van der Waals surface area contributed by atoms with E-state index in [1.807, 2.05) is 36.3 Å². The zero-order valence-electron chi connectivity index (χ0n) is 16.9. The van der Waals surface area contributed by atoms with Gasteiger partial charge in [0.2, 0.25) is 0 Å². The topological polar surface area (TPSA) is 70.6 Å². The maximum Gasteiger partial charge on any atom is 0.191 e. The van der Waals surface area contributed by atoms with Crippen molar-refractivity contribution < 1.29 is 4.42 Å². The van der Waals surface area contributed by atoms with Crippen LogP contribution in [0.4, 0.5) is 0 Å². The van der Waals surface area contributed by atoms with Crippen LogP contribution in [0.15, 0.2) is 46.3 Å². The number of furan rings is 1. The molecule has 2 N–H and O–H groups in total. The van der Waals surface area contributed by atoms with E-state index in [4.69, 9.17) is 4.42 Å². The van der Waals surface area contributed by atoms with Gasteiger partial charge in [-0.15, -0.1) is 24.0 Å². The second kappa shape index (κ2) is 12.1. The number of rotatable bonds is 8. The first-order chi connectivity index (χ1) is 13.3. The van der Waals surface area contributed by atoms with Gasteiger partial charge in [0, 0.05) is 39.1 Å². The molecule has 0 saturated carbocycles. The molecule has 0 radical (unpaired) electrons. The molecule has 156 valence electrons. The molecule has 2 unspecified atom stereocenters. The van der Waals surface area contributed by atoms with Crippen LogP contribution in [0.2, 0.25) is 0 Å². The Morgan fingerprint density at radius 3 is 2.64 bits per heavy atom. The molecule has 1 fully saturated rings. The smallest absolute Gasteiger partial charge is 0.191 e. The lowest BCUT2D eigenvalue weighted by Crippen LogP contribution is -2.45. The van der Waals surface area contributed by atoms with Crippen LogP contribution in [0.5, 0.6) is 0 Å². The molecule has 0 spiro atoms. The van der Waals surface area contributed by atoms with Crippen LogP contribution in [0, 0.1) is 5.92 Å². The average Bonchev–Trinajstić information content (AvgIpc) is 3.39. The molecule has 1 aliphatic rings. The zero-order chi connectivity index (χ0) is 18.9. The fourth-order valence-corrected chi connectivity index (χ4v) is 3.60. The molecule has 2 aromatic rings. The minimum Gasteiger partial charge on any atom is -0.468 e. The summed E-state index contributed by atoms with van der Waals surface area (Å²) in [5.41, 5.74) is 0. The van der Waals surface area contributed by atoms with Crippen molar-refractivity contribution in [1.82, 2.24) is 25.3 Å². The first kappa shape index (κ1) is 22.7. The van der Waals surface area contributed by atoms with Crippen molar-refractivity contribution in [2.75, 3.05) is 33.2 Å². The molecule has 3 rings (SSSR count). The summed E-state index contributed by atoms with van der Waals surface area (Å²) in [6.07, 6.45) is 9.42. The molecule has 0 bridgehead atoms. The standard InChI is InChI=1S/C20H32N6O.HI/c1-17(16-26-12-7-9-24-26)14-22-20(21-2)23-15-18(19-8-6-13-27-19)25-10-4-3-5-11-25;/h6-9,12-13,17-18H,3-5,10-11,14-16H2,1-2H3,(H2,21,22,23);1H. The number of hydrogen-bond acceptors (Lipinski definition) is 4. The second-order valence-electron chi connectivity index (χ2n) is 7.30. The van der Waals surface area contributed by atoms with Gasteiger partial charge in [-0.3, -0.25) is 14.6 Å². The van der Waals surface area contributed by atoms with Crippen molar-refractivity contribution in [3.8, 4) is 0 Å². The molecule has 0 aliphatic carbocycles. The van der Waals surface area contributed by atoms with Gasteiger partial charge in [-0.25, -0.2) is 0 Å². The van der Waals surface area contributed by atoms with Crippen LogP contribution in [0.1, 0.15) is 38.0 Å². The van der Waals surface area contributed by atoms with Crippen molar-refractivity contribution in [1.29, 1.82) is 0 Å². The van der Waals surface area contributed by atoms with Gasteiger partial charge in [0.05, 0.1) is 12.3 Å². The predicted octanol–water partition coefficient (Wildman–Crippen LogP) is 3.12. The fourth-order valence-electron chi connectivity index (χ4n) is 3.60. The highest BCUT2D eigenvalue weighted by atomic mass is 127. The monoisotopic (exact) mass is 500 g/mol. The molecule has 28 heavy (non-hydrogen) atoms. The van der Waals surface area contributed by atoms with Crippen LogP contribution >= 0.6 is 24.0 Å². The van der Waals surface area contributed by atoms with Gasteiger partial charge in [0.25, 0.3) is 0 Å². The fraction of sp³-hybridized carbons (Fsp3) is 0.600. The number of likely N-dealkylation sites (tertiary alicyclic amines) is 1. The summed E-state index contributed by atoms with van der Waals surface area (Å²) in [4.78, 5) is 6.90. The van der Waals surface area contributed by atoms with E-state index in [-0.39, 0.29) is 30.0 Å². The summed E-state index contributed by atoms with van der Waals surface area (Å²) in [5.74, 6) is 2.30. The third-order valence-electron chi connectivity index (χ3n) is 5.07. The number of aromatic nitrogens is 2. The molecule has 0 aromatic carbocycles. The molecular weight excluding hydrogens is 467 g/mol. The summed E-state index contributed by atoms with van der Waals surface area (Å²) in [7, 11) is 1.82. The number of guanidine groups is 1. The third-order valence-corrected chi connectivity index (χ3v) is 5.07. The van der Waals surface area contributed by atoms with E-state index in [0.29, 0.717) is 5.92 Å². The molecule has 0 amide bonds. The molecule has 8 heteroatoms. The van der Waals surface area contributed by atoms with Crippen LogP contribution in [0.3, 0.4) is 0 Å². The Bertz CT molecular complexity index is 667. The van der Waals surface area contributed by atoms with E-state index in [9.17, 15) is 0 Å². The Balaban J connectivity index is 0.00000280. The number of nitrogens with zero attached hydrogens (tertiary/aromatic N) is 4. The Labute approximate surface area is 185 Å². The van der Waals surface area contributed by atoms with Crippen molar-refractivity contribution in [2.45, 2.75) is 38.8 Å². The Kier molecular flexibility index (Phi) is 9.83. The van der Waals surface area contributed by atoms with E-state index in [0.717, 1.165) is 44.4 Å². The molecule has 1 saturated heterocycles. The van der Waals surface area contributed by atoms with Gasteiger partial charge in [0.1, 0.15) is 5.76 Å². The number of halogens is 1. The first-order valence-corrected chi connectivity index (χ1v) is 9.95. The van der Waals surface area contributed by atoms with Crippen LogP contribution in [-0.2, 0) is 6.54 Å².